The third-order valence-electron chi connectivity index (χ3n) is 2.86. The van der Waals surface area contributed by atoms with Gasteiger partial charge in [0.05, 0.1) is 4.90 Å². The Bertz CT molecular complexity index is 697. The Kier molecular flexibility index (Phi) is 3.57. The highest BCUT2D eigenvalue weighted by atomic mass is 32.2. The lowest BCUT2D eigenvalue weighted by molar-refractivity contribution is 0.102. The second-order valence-corrected chi connectivity index (χ2v) is 6.55. The maximum atomic E-state index is 12.1. The van der Waals surface area contributed by atoms with Crippen molar-refractivity contribution in [2.45, 2.75) is 11.8 Å². The number of benzene rings is 1. The van der Waals surface area contributed by atoms with Crippen LogP contribution in [0.4, 0.5) is 0 Å². The smallest absolute Gasteiger partial charge is 0.185 e. The standard InChI is InChI=1S/C14H15NO3S/c1-11-3-5-13(6-4-11)19(17,18)10-14(16)12-7-8-15(2)9-12/h3-9H,10H2,1-2H3. The molecule has 2 aromatic rings. The third-order valence-corrected chi connectivity index (χ3v) is 4.49. The van der Waals surface area contributed by atoms with Crippen LogP contribution in [0.1, 0.15) is 15.9 Å². The molecule has 1 aromatic heterocycles. The Hall–Kier alpha value is -1.88. The van der Waals surface area contributed by atoms with Gasteiger partial charge in [-0.15, -0.1) is 0 Å². The van der Waals surface area contributed by atoms with Crippen LogP contribution in [0.3, 0.4) is 0 Å². The van der Waals surface area contributed by atoms with Crippen molar-refractivity contribution in [3.8, 4) is 0 Å². The van der Waals surface area contributed by atoms with Gasteiger partial charge in [0.1, 0.15) is 5.75 Å². The van der Waals surface area contributed by atoms with Crippen molar-refractivity contribution in [3.05, 3.63) is 53.9 Å². The Balaban J connectivity index is 2.22. The largest absolute Gasteiger partial charge is 0.357 e. The van der Waals surface area contributed by atoms with E-state index in [1.165, 1.54) is 12.1 Å². The van der Waals surface area contributed by atoms with Crippen LogP contribution in [0.5, 0.6) is 0 Å². The number of rotatable bonds is 4. The molecule has 100 valence electrons. The first-order valence-corrected chi connectivity index (χ1v) is 7.48. The zero-order valence-electron chi connectivity index (χ0n) is 10.8. The zero-order chi connectivity index (χ0) is 14.0. The molecule has 0 spiro atoms. The topological polar surface area (TPSA) is 56.1 Å². The molecule has 2 rings (SSSR count). The van der Waals surface area contributed by atoms with E-state index in [2.05, 4.69) is 0 Å². The summed E-state index contributed by atoms with van der Waals surface area (Å²) < 4.78 is 25.9. The number of nitrogens with zero attached hydrogens (tertiary/aromatic N) is 1. The van der Waals surface area contributed by atoms with Crippen LogP contribution in [0, 0.1) is 6.92 Å². The molecule has 1 heterocycles. The maximum absolute atomic E-state index is 12.1. The van der Waals surface area contributed by atoms with Gasteiger partial charge < -0.3 is 4.57 Å². The summed E-state index contributed by atoms with van der Waals surface area (Å²) >= 11 is 0. The lowest BCUT2D eigenvalue weighted by atomic mass is 10.2. The third kappa shape index (κ3) is 3.12. The van der Waals surface area contributed by atoms with Crippen molar-refractivity contribution in [3.63, 3.8) is 0 Å². The number of Topliss-reactive ketones (excluding diaryl/α,β-unsaturated/α-hetero) is 1. The monoisotopic (exact) mass is 277 g/mol. The number of hydrogen-bond donors (Lipinski definition) is 0. The average Bonchev–Trinajstić information content (AvgIpc) is 2.76. The summed E-state index contributed by atoms with van der Waals surface area (Å²) in [5.41, 5.74) is 1.39. The lowest BCUT2D eigenvalue weighted by Crippen LogP contribution is -2.16. The minimum atomic E-state index is -3.57. The average molecular weight is 277 g/mol. The molecule has 0 bridgehead atoms. The molecular weight excluding hydrogens is 262 g/mol. The van der Waals surface area contributed by atoms with Crippen molar-refractivity contribution in [2.75, 3.05) is 5.75 Å². The van der Waals surface area contributed by atoms with E-state index in [0.29, 0.717) is 5.56 Å². The second-order valence-electron chi connectivity index (χ2n) is 4.56. The van der Waals surface area contributed by atoms with Crippen LogP contribution < -0.4 is 0 Å². The number of aryl methyl sites for hydroxylation is 2. The van der Waals surface area contributed by atoms with Crippen molar-refractivity contribution in [2.24, 2.45) is 7.05 Å². The van der Waals surface area contributed by atoms with Crippen LogP contribution >= 0.6 is 0 Å². The molecule has 5 heteroatoms. The minimum absolute atomic E-state index is 0.183. The molecule has 0 saturated heterocycles. The molecule has 0 aliphatic heterocycles. The fourth-order valence-corrected chi connectivity index (χ4v) is 2.98. The molecule has 0 N–H and O–H groups in total. The summed E-state index contributed by atoms with van der Waals surface area (Å²) in [5.74, 6) is -0.888. The summed E-state index contributed by atoms with van der Waals surface area (Å²) in [6.07, 6.45) is 3.33. The highest BCUT2D eigenvalue weighted by Crippen LogP contribution is 2.14. The zero-order valence-corrected chi connectivity index (χ0v) is 11.6. The first-order valence-electron chi connectivity index (χ1n) is 5.83. The maximum Gasteiger partial charge on any atom is 0.185 e. The van der Waals surface area contributed by atoms with Crippen LogP contribution in [0.2, 0.25) is 0 Å². The first kappa shape index (κ1) is 13.5. The molecular formula is C14H15NO3S. The number of aromatic nitrogens is 1. The first-order chi connectivity index (χ1) is 8.88. The number of carbonyl (C=O) groups excluding carboxylic acids is 1. The fraction of sp³-hybridized carbons (Fsp3) is 0.214. The number of carbonyl (C=O) groups is 1. The van der Waals surface area contributed by atoms with E-state index < -0.39 is 15.6 Å². The molecule has 0 radical (unpaired) electrons. The van der Waals surface area contributed by atoms with E-state index in [0.717, 1.165) is 5.56 Å². The normalized spacial score (nSPS) is 11.5. The predicted octanol–water partition coefficient (Wildman–Crippen LogP) is 1.99. The van der Waals surface area contributed by atoms with Gasteiger partial charge >= 0.3 is 0 Å². The van der Waals surface area contributed by atoms with E-state index in [4.69, 9.17) is 0 Å². The van der Waals surface area contributed by atoms with E-state index in [1.807, 2.05) is 6.92 Å². The molecule has 0 fully saturated rings. The van der Waals surface area contributed by atoms with Gasteiger partial charge in [0, 0.05) is 25.0 Å². The van der Waals surface area contributed by atoms with Crippen LogP contribution in [0.15, 0.2) is 47.6 Å². The van der Waals surface area contributed by atoms with Crippen molar-refractivity contribution >= 4 is 15.6 Å². The summed E-state index contributed by atoms with van der Waals surface area (Å²) in [4.78, 5) is 12.1. The van der Waals surface area contributed by atoms with Crippen LogP contribution in [0.25, 0.3) is 0 Å². The quantitative estimate of drug-likeness (QED) is 0.803. The van der Waals surface area contributed by atoms with Gasteiger partial charge in [-0.1, -0.05) is 17.7 Å². The van der Waals surface area contributed by atoms with Gasteiger partial charge in [0.2, 0.25) is 0 Å². The highest BCUT2D eigenvalue weighted by Gasteiger charge is 2.20. The van der Waals surface area contributed by atoms with E-state index in [1.54, 1.807) is 42.2 Å². The Morgan fingerprint density at radius 1 is 1.16 bits per heavy atom. The van der Waals surface area contributed by atoms with Crippen LogP contribution in [-0.4, -0.2) is 24.5 Å². The van der Waals surface area contributed by atoms with Crippen molar-refractivity contribution in [1.82, 2.24) is 4.57 Å². The summed E-state index contributed by atoms with van der Waals surface area (Å²) in [7, 11) is -1.79. The highest BCUT2D eigenvalue weighted by molar-refractivity contribution is 7.92. The summed E-state index contributed by atoms with van der Waals surface area (Å²) in [6, 6.07) is 8.12. The summed E-state index contributed by atoms with van der Waals surface area (Å²) in [5, 5.41) is 0. The van der Waals surface area contributed by atoms with Crippen LogP contribution in [-0.2, 0) is 16.9 Å². The summed E-state index contributed by atoms with van der Waals surface area (Å²) in [6.45, 7) is 1.88. The van der Waals surface area contributed by atoms with Gasteiger partial charge in [0.15, 0.2) is 15.6 Å². The van der Waals surface area contributed by atoms with Gasteiger partial charge in [-0.25, -0.2) is 8.42 Å². The molecule has 0 atom stereocenters. The number of hydrogen-bond acceptors (Lipinski definition) is 3. The van der Waals surface area contributed by atoms with E-state index in [9.17, 15) is 13.2 Å². The fourth-order valence-electron chi connectivity index (χ4n) is 1.75. The van der Waals surface area contributed by atoms with Gasteiger partial charge in [-0.2, -0.15) is 0 Å². The van der Waals surface area contributed by atoms with Gasteiger partial charge in [0.25, 0.3) is 0 Å². The Labute approximate surface area is 112 Å². The van der Waals surface area contributed by atoms with E-state index in [-0.39, 0.29) is 10.7 Å². The number of sulfone groups is 1. The molecule has 4 nitrogen and oxygen atoms in total. The molecule has 1 aromatic carbocycles. The molecule has 0 aliphatic rings. The van der Waals surface area contributed by atoms with Gasteiger partial charge in [-0.3, -0.25) is 4.79 Å². The Morgan fingerprint density at radius 3 is 2.32 bits per heavy atom. The van der Waals surface area contributed by atoms with Crippen molar-refractivity contribution < 1.29 is 13.2 Å². The predicted molar refractivity (Wildman–Crippen MR) is 73.0 cm³/mol. The molecule has 0 unspecified atom stereocenters. The second kappa shape index (κ2) is 5.01. The SMILES string of the molecule is Cc1ccc(S(=O)(=O)CC(=O)c2ccn(C)c2)cc1. The Morgan fingerprint density at radius 2 is 1.79 bits per heavy atom. The lowest BCUT2D eigenvalue weighted by Gasteiger charge is -2.03. The molecule has 19 heavy (non-hydrogen) atoms. The van der Waals surface area contributed by atoms with E-state index >= 15 is 0 Å². The minimum Gasteiger partial charge on any atom is -0.357 e. The van der Waals surface area contributed by atoms with Gasteiger partial charge in [-0.05, 0) is 25.1 Å². The number of ketones is 1. The molecule has 0 aliphatic carbocycles. The molecule has 0 amide bonds. The van der Waals surface area contributed by atoms with Crippen molar-refractivity contribution in [1.29, 1.82) is 0 Å². The molecule has 0 saturated carbocycles.